The summed E-state index contributed by atoms with van der Waals surface area (Å²) < 4.78 is 6.32. The first-order valence-electron chi connectivity index (χ1n) is 11.9. The lowest BCUT2D eigenvalue weighted by atomic mass is 9.84. The summed E-state index contributed by atoms with van der Waals surface area (Å²) in [5.41, 5.74) is 2.60. The molecule has 0 radical (unpaired) electrons. The fourth-order valence-corrected chi connectivity index (χ4v) is 4.76. The van der Waals surface area contributed by atoms with Gasteiger partial charge >= 0.3 is 0 Å². The highest BCUT2D eigenvalue weighted by Crippen LogP contribution is 2.33. The first kappa shape index (κ1) is 22.8. The normalized spacial score (nSPS) is 24.6. The van der Waals surface area contributed by atoms with Crippen LogP contribution < -0.4 is 4.74 Å². The van der Waals surface area contributed by atoms with Crippen molar-refractivity contribution in [1.82, 2.24) is 14.8 Å². The Kier molecular flexibility index (Phi) is 6.84. The molecule has 1 aliphatic heterocycles. The van der Waals surface area contributed by atoms with Gasteiger partial charge in [0, 0.05) is 31.6 Å². The summed E-state index contributed by atoms with van der Waals surface area (Å²) in [5, 5.41) is 9.80. The Balaban J connectivity index is 1.64. The molecular formula is C25H35N3O4. The maximum atomic E-state index is 13.5. The zero-order valence-electron chi connectivity index (χ0n) is 19.4. The lowest BCUT2D eigenvalue weighted by Gasteiger charge is -2.38. The van der Waals surface area contributed by atoms with E-state index in [9.17, 15) is 14.7 Å². The maximum Gasteiger partial charge on any atom is 0.259 e. The minimum atomic E-state index is -0.319. The van der Waals surface area contributed by atoms with Gasteiger partial charge in [0.05, 0.1) is 19.2 Å². The minimum absolute atomic E-state index is 0.0308. The van der Waals surface area contributed by atoms with E-state index in [-0.39, 0.29) is 42.4 Å². The first-order valence-corrected chi connectivity index (χ1v) is 11.9. The highest BCUT2D eigenvalue weighted by atomic mass is 16.5. The molecule has 0 unspecified atom stereocenters. The quantitative estimate of drug-likeness (QED) is 0.733. The molecule has 2 aliphatic carbocycles. The number of likely N-dealkylation sites (N-methyl/N-ethyl adjacent to an activating group) is 1. The van der Waals surface area contributed by atoms with E-state index in [1.165, 1.54) is 5.57 Å². The number of allylic oxidation sites excluding steroid dienone is 2. The summed E-state index contributed by atoms with van der Waals surface area (Å²) in [6.07, 6.45) is 9.89. The molecule has 3 atom stereocenters. The van der Waals surface area contributed by atoms with Crippen LogP contribution in [0, 0.1) is 11.8 Å². The molecule has 0 saturated heterocycles. The van der Waals surface area contributed by atoms with E-state index >= 15 is 0 Å². The molecule has 32 heavy (non-hydrogen) atoms. The standard InChI is InChI=1S/C25H35N3O4/c1-16-13-28(17(2)15-29)25(31)21-11-20(18-7-4-5-8-18)12-26-23(21)32-22(16)14-27(3)24(30)19-9-6-10-19/h7,11-12,16-17,19,22,29H,4-6,8-10,13-15H2,1-3H3/t16-,17+,22-/m0/s1. The van der Waals surface area contributed by atoms with Crippen molar-refractivity contribution in [2.24, 2.45) is 11.8 Å². The number of ether oxygens (including phenoxy) is 1. The lowest BCUT2D eigenvalue weighted by Crippen LogP contribution is -2.51. The summed E-state index contributed by atoms with van der Waals surface area (Å²) in [7, 11) is 1.83. The second-order valence-electron chi connectivity index (χ2n) is 9.67. The van der Waals surface area contributed by atoms with Crippen LogP contribution in [-0.2, 0) is 4.79 Å². The molecule has 3 aliphatic rings. The molecule has 2 amide bonds. The van der Waals surface area contributed by atoms with Crippen molar-refractivity contribution >= 4 is 17.4 Å². The summed E-state index contributed by atoms with van der Waals surface area (Å²) in [5.74, 6) is 0.412. The number of amides is 2. The zero-order chi connectivity index (χ0) is 22.8. The number of aliphatic hydroxyl groups excluding tert-OH is 1. The molecule has 174 valence electrons. The molecule has 1 fully saturated rings. The Morgan fingerprint density at radius 1 is 1.38 bits per heavy atom. The molecule has 2 heterocycles. The Bertz CT molecular complexity index is 895. The number of carbonyl (C=O) groups is 2. The van der Waals surface area contributed by atoms with Gasteiger partial charge in [-0.25, -0.2) is 4.98 Å². The Hall–Kier alpha value is -2.41. The van der Waals surface area contributed by atoms with Crippen LogP contribution in [0.15, 0.2) is 18.3 Å². The lowest BCUT2D eigenvalue weighted by molar-refractivity contribution is -0.138. The van der Waals surface area contributed by atoms with Gasteiger partial charge in [-0.15, -0.1) is 0 Å². The van der Waals surface area contributed by atoms with Crippen LogP contribution in [0.5, 0.6) is 5.88 Å². The smallest absolute Gasteiger partial charge is 0.259 e. The molecule has 7 nitrogen and oxygen atoms in total. The topological polar surface area (TPSA) is 83.0 Å². The summed E-state index contributed by atoms with van der Waals surface area (Å²) in [6.45, 7) is 4.66. The Labute approximate surface area is 190 Å². The molecule has 0 spiro atoms. The van der Waals surface area contributed by atoms with Crippen molar-refractivity contribution in [1.29, 1.82) is 0 Å². The van der Waals surface area contributed by atoms with E-state index in [1.807, 2.05) is 27.0 Å². The average molecular weight is 442 g/mol. The average Bonchev–Trinajstić information content (AvgIpc) is 3.29. The Morgan fingerprint density at radius 3 is 2.78 bits per heavy atom. The third kappa shape index (κ3) is 4.53. The van der Waals surface area contributed by atoms with Crippen LogP contribution in [0.1, 0.15) is 68.3 Å². The molecule has 4 rings (SSSR count). The number of carbonyl (C=O) groups excluding carboxylic acids is 2. The Morgan fingerprint density at radius 2 is 2.16 bits per heavy atom. The highest BCUT2D eigenvalue weighted by Gasteiger charge is 2.36. The van der Waals surface area contributed by atoms with Gasteiger partial charge in [0.1, 0.15) is 11.7 Å². The fourth-order valence-electron chi connectivity index (χ4n) is 4.76. The van der Waals surface area contributed by atoms with Crippen LogP contribution in [-0.4, -0.2) is 70.6 Å². The van der Waals surface area contributed by atoms with Gasteiger partial charge in [-0.2, -0.15) is 0 Å². The van der Waals surface area contributed by atoms with Crippen LogP contribution >= 0.6 is 0 Å². The second kappa shape index (κ2) is 9.61. The number of rotatable bonds is 6. The summed E-state index contributed by atoms with van der Waals surface area (Å²) in [4.78, 5) is 34.3. The van der Waals surface area contributed by atoms with Gasteiger partial charge in [0.2, 0.25) is 11.8 Å². The number of fused-ring (bicyclic) bond motifs is 1. The van der Waals surface area contributed by atoms with Gasteiger partial charge in [-0.05, 0) is 56.2 Å². The maximum absolute atomic E-state index is 13.5. The molecule has 1 aromatic heterocycles. The zero-order valence-corrected chi connectivity index (χ0v) is 19.4. The number of nitrogens with zero attached hydrogens (tertiary/aromatic N) is 3. The van der Waals surface area contributed by atoms with Crippen molar-refractivity contribution < 1.29 is 19.4 Å². The van der Waals surface area contributed by atoms with Crippen LogP contribution in [0.4, 0.5) is 0 Å². The molecule has 1 aromatic rings. The van der Waals surface area contributed by atoms with Crippen molar-refractivity contribution in [2.75, 3.05) is 26.7 Å². The van der Waals surface area contributed by atoms with Gasteiger partial charge in [0.25, 0.3) is 5.91 Å². The number of hydrogen-bond donors (Lipinski definition) is 1. The number of aromatic nitrogens is 1. The molecule has 1 N–H and O–H groups in total. The van der Waals surface area contributed by atoms with Crippen molar-refractivity contribution in [2.45, 2.75) is 64.5 Å². The highest BCUT2D eigenvalue weighted by molar-refractivity contribution is 5.97. The predicted octanol–water partition coefficient (Wildman–Crippen LogP) is 3.13. The summed E-state index contributed by atoms with van der Waals surface area (Å²) >= 11 is 0. The van der Waals surface area contributed by atoms with Crippen molar-refractivity contribution in [3.8, 4) is 5.88 Å². The molecule has 1 saturated carbocycles. The van der Waals surface area contributed by atoms with Crippen LogP contribution in [0.2, 0.25) is 0 Å². The van der Waals surface area contributed by atoms with Crippen molar-refractivity contribution in [3.05, 3.63) is 29.5 Å². The van der Waals surface area contributed by atoms with Gasteiger partial charge in [-0.3, -0.25) is 9.59 Å². The van der Waals surface area contributed by atoms with Crippen LogP contribution in [0.3, 0.4) is 0 Å². The summed E-state index contributed by atoms with van der Waals surface area (Å²) in [6, 6.07) is 1.56. The second-order valence-corrected chi connectivity index (χ2v) is 9.67. The van der Waals surface area contributed by atoms with E-state index in [0.717, 1.165) is 44.1 Å². The van der Waals surface area contributed by atoms with E-state index in [4.69, 9.17) is 4.74 Å². The predicted molar refractivity (Wildman–Crippen MR) is 122 cm³/mol. The largest absolute Gasteiger partial charge is 0.472 e. The molecule has 7 heteroatoms. The number of pyridine rings is 1. The van der Waals surface area contributed by atoms with E-state index in [2.05, 4.69) is 11.1 Å². The molecule has 0 aromatic carbocycles. The fraction of sp³-hybridized carbons (Fsp3) is 0.640. The third-order valence-corrected chi connectivity index (χ3v) is 7.22. The minimum Gasteiger partial charge on any atom is -0.472 e. The SMILES string of the molecule is C[C@H](CO)N1C[C@H](C)[C@H](CN(C)C(=O)C2CCC2)Oc2ncc(C3=CCCC3)cc2C1=O. The monoisotopic (exact) mass is 441 g/mol. The van der Waals surface area contributed by atoms with Crippen molar-refractivity contribution in [3.63, 3.8) is 0 Å². The number of hydrogen-bond acceptors (Lipinski definition) is 5. The van der Waals surface area contributed by atoms with Gasteiger partial charge in [0.15, 0.2) is 0 Å². The molecule has 0 bridgehead atoms. The first-order chi connectivity index (χ1) is 15.4. The van der Waals surface area contributed by atoms with Gasteiger partial charge in [-0.1, -0.05) is 19.4 Å². The van der Waals surface area contributed by atoms with E-state index in [1.54, 1.807) is 16.0 Å². The van der Waals surface area contributed by atoms with Gasteiger partial charge < -0.3 is 19.6 Å². The number of aliphatic hydroxyl groups is 1. The van der Waals surface area contributed by atoms with Crippen LogP contribution in [0.25, 0.3) is 5.57 Å². The van der Waals surface area contributed by atoms with E-state index in [0.29, 0.717) is 24.5 Å². The molecular weight excluding hydrogens is 406 g/mol. The third-order valence-electron chi connectivity index (χ3n) is 7.22. The van der Waals surface area contributed by atoms with E-state index < -0.39 is 0 Å².